The molecule has 0 radical (unpaired) electrons. The number of nitrogens with one attached hydrogen (secondary N) is 1. The summed E-state index contributed by atoms with van der Waals surface area (Å²) in [7, 11) is 0. The van der Waals surface area contributed by atoms with Crippen molar-refractivity contribution in [3.63, 3.8) is 0 Å². The molecule has 3 rings (SSSR count). The molecule has 0 aliphatic carbocycles. The maximum absolute atomic E-state index is 12.5. The van der Waals surface area contributed by atoms with Crippen molar-refractivity contribution in [2.24, 2.45) is 0 Å². The van der Waals surface area contributed by atoms with Gasteiger partial charge in [0.1, 0.15) is 5.75 Å². The van der Waals surface area contributed by atoms with E-state index in [1.54, 1.807) is 41.3 Å². The van der Waals surface area contributed by atoms with E-state index in [1.165, 1.54) is 6.92 Å². The molecule has 1 N–H and O–H groups in total. The summed E-state index contributed by atoms with van der Waals surface area (Å²) >= 11 is 0. The zero-order valence-corrected chi connectivity index (χ0v) is 17.2. The summed E-state index contributed by atoms with van der Waals surface area (Å²) in [6.07, 6.45) is 0.441. The second kappa shape index (κ2) is 9.91. The third kappa shape index (κ3) is 5.37. The number of carbonyl (C=O) groups excluding carboxylic acids is 3. The van der Waals surface area contributed by atoms with Gasteiger partial charge >= 0.3 is 5.97 Å². The van der Waals surface area contributed by atoms with Crippen molar-refractivity contribution < 1.29 is 23.9 Å². The number of nitrogens with zero attached hydrogens (tertiary/aromatic N) is 1. The molecule has 1 aliphatic heterocycles. The van der Waals surface area contributed by atoms with Crippen LogP contribution in [0.15, 0.2) is 48.5 Å². The Kier molecular flexibility index (Phi) is 7.06. The standard InChI is InChI=1S/C23H26N2O5/c1-3-29-20-11-5-4-10-19(20)24-22(27)16(2)30-23(28)18-9-6-8-17(14-18)15-25-13-7-12-21(25)26/h4-6,8-11,14,16H,3,7,12-13,15H2,1-2H3,(H,24,27). The average Bonchev–Trinajstić information content (AvgIpc) is 3.14. The molecule has 0 aromatic heterocycles. The Bertz CT molecular complexity index is 927. The number of ether oxygens (including phenoxy) is 2. The molecular weight excluding hydrogens is 384 g/mol. The molecule has 2 aromatic carbocycles. The molecule has 1 atom stereocenters. The highest BCUT2D eigenvalue weighted by Gasteiger charge is 2.22. The zero-order chi connectivity index (χ0) is 21.5. The SMILES string of the molecule is CCOc1ccccc1NC(=O)C(C)OC(=O)c1cccc(CN2CCCC2=O)c1. The fourth-order valence-corrected chi connectivity index (χ4v) is 3.26. The molecule has 1 saturated heterocycles. The fourth-order valence-electron chi connectivity index (χ4n) is 3.26. The molecule has 7 nitrogen and oxygen atoms in total. The van der Waals surface area contributed by atoms with Crippen LogP contribution in [0.1, 0.15) is 42.6 Å². The van der Waals surface area contributed by atoms with Crippen LogP contribution < -0.4 is 10.1 Å². The summed E-state index contributed by atoms with van der Waals surface area (Å²) < 4.78 is 10.8. The van der Waals surface area contributed by atoms with Gasteiger partial charge in [-0.25, -0.2) is 4.79 Å². The monoisotopic (exact) mass is 410 g/mol. The van der Waals surface area contributed by atoms with Gasteiger partial charge in [0.05, 0.1) is 17.9 Å². The maximum Gasteiger partial charge on any atom is 0.338 e. The number of para-hydroxylation sites is 2. The van der Waals surface area contributed by atoms with Gasteiger partial charge in [0.15, 0.2) is 6.10 Å². The topological polar surface area (TPSA) is 84.9 Å². The van der Waals surface area contributed by atoms with E-state index in [0.29, 0.717) is 36.6 Å². The van der Waals surface area contributed by atoms with E-state index in [0.717, 1.165) is 18.5 Å². The van der Waals surface area contributed by atoms with Gasteiger partial charge in [-0.15, -0.1) is 0 Å². The van der Waals surface area contributed by atoms with Crippen molar-refractivity contribution in [2.45, 2.75) is 39.3 Å². The Balaban J connectivity index is 1.60. The number of rotatable bonds is 8. The third-order valence-electron chi connectivity index (χ3n) is 4.81. The van der Waals surface area contributed by atoms with Crippen molar-refractivity contribution in [1.29, 1.82) is 0 Å². The van der Waals surface area contributed by atoms with Crippen LogP contribution in [0.2, 0.25) is 0 Å². The lowest BCUT2D eigenvalue weighted by atomic mass is 10.1. The van der Waals surface area contributed by atoms with E-state index in [1.807, 2.05) is 19.1 Å². The Morgan fingerprint density at radius 1 is 1.17 bits per heavy atom. The second-order valence-corrected chi connectivity index (χ2v) is 7.09. The quantitative estimate of drug-likeness (QED) is 0.675. The predicted molar refractivity (Wildman–Crippen MR) is 112 cm³/mol. The van der Waals surface area contributed by atoms with Crippen molar-refractivity contribution in [1.82, 2.24) is 4.90 Å². The number of anilines is 1. The second-order valence-electron chi connectivity index (χ2n) is 7.09. The van der Waals surface area contributed by atoms with Gasteiger partial charge < -0.3 is 19.7 Å². The number of hydrogen-bond donors (Lipinski definition) is 1. The summed E-state index contributed by atoms with van der Waals surface area (Å²) in [6.45, 7) is 5.04. The van der Waals surface area contributed by atoms with E-state index in [9.17, 15) is 14.4 Å². The lowest BCUT2D eigenvalue weighted by molar-refractivity contribution is -0.128. The molecule has 0 spiro atoms. The highest BCUT2D eigenvalue weighted by atomic mass is 16.5. The van der Waals surface area contributed by atoms with Gasteiger partial charge in [0, 0.05) is 19.5 Å². The highest BCUT2D eigenvalue weighted by molar-refractivity contribution is 5.98. The molecule has 7 heteroatoms. The largest absolute Gasteiger partial charge is 0.492 e. The first kappa shape index (κ1) is 21.4. The summed E-state index contributed by atoms with van der Waals surface area (Å²) in [5.74, 6) is -0.365. The Hall–Kier alpha value is -3.35. The highest BCUT2D eigenvalue weighted by Crippen LogP contribution is 2.24. The minimum atomic E-state index is -0.990. The Labute approximate surface area is 176 Å². The van der Waals surface area contributed by atoms with Crippen LogP contribution in [0.3, 0.4) is 0 Å². The molecule has 1 fully saturated rings. The molecule has 1 heterocycles. The van der Waals surface area contributed by atoms with Crippen LogP contribution in [-0.2, 0) is 20.9 Å². The lowest BCUT2D eigenvalue weighted by Crippen LogP contribution is -2.30. The maximum atomic E-state index is 12.5. The van der Waals surface area contributed by atoms with Crippen molar-refractivity contribution in [3.8, 4) is 5.75 Å². The molecule has 2 aromatic rings. The van der Waals surface area contributed by atoms with Crippen molar-refractivity contribution >= 4 is 23.5 Å². The van der Waals surface area contributed by atoms with E-state index in [2.05, 4.69) is 5.32 Å². The summed E-state index contributed by atoms with van der Waals surface area (Å²) in [6, 6.07) is 14.0. The van der Waals surface area contributed by atoms with Crippen LogP contribution in [0, 0.1) is 0 Å². The van der Waals surface area contributed by atoms with Gasteiger partial charge in [-0.1, -0.05) is 24.3 Å². The molecule has 2 amide bonds. The minimum absolute atomic E-state index is 0.126. The molecule has 0 saturated carbocycles. The number of hydrogen-bond acceptors (Lipinski definition) is 5. The van der Waals surface area contributed by atoms with Crippen LogP contribution in [0.5, 0.6) is 5.75 Å². The van der Waals surface area contributed by atoms with E-state index in [-0.39, 0.29) is 5.91 Å². The van der Waals surface area contributed by atoms with Crippen LogP contribution >= 0.6 is 0 Å². The minimum Gasteiger partial charge on any atom is -0.492 e. The van der Waals surface area contributed by atoms with Gasteiger partial charge in [-0.2, -0.15) is 0 Å². The van der Waals surface area contributed by atoms with Crippen molar-refractivity contribution in [2.75, 3.05) is 18.5 Å². The lowest BCUT2D eigenvalue weighted by Gasteiger charge is -2.17. The predicted octanol–water partition coefficient (Wildman–Crippen LogP) is 3.39. The first-order valence-corrected chi connectivity index (χ1v) is 10.1. The van der Waals surface area contributed by atoms with Crippen LogP contribution in [0.25, 0.3) is 0 Å². The van der Waals surface area contributed by atoms with Gasteiger partial charge in [0.2, 0.25) is 5.91 Å². The zero-order valence-electron chi connectivity index (χ0n) is 17.2. The normalized spacial score (nSPS) is 14.3. The molecule has 30 heavy (non-hydrogen) atoms. The van der Waals surface area contributed by atoms with Gasteiger partial charge in [-0.05, 0) is 50.1 Å². The van der Waals surface area contributed by atoms with Crippen LogP contribution in [0.4, 0.5) is 5.69 Å². The number of esters is 1. The number of carbonyl (C=O) groups is 3. The van der Waals surface area contributed by atoms with Crippen LogP contribution in [-0.4, -0.2) is 41.9 Å². The third-order valence-corrected chi connectivity index (χ3v) is 4.81. The number of amides is 2. The number of likely N-dealkylation sites (tertiary alicyclic amines) is 1. The molecular formula is C23H26N2O5. The molecule has 0 bridgehead atoms. The molecule has 1 aliphatic rings. The average molecular weight is 410 g/mol. The van der Waals surface area contributed by atoms with E-state index >= 15 is 0 Å². The molecule has 158 valence electrons. The van der Waals surface area contributed by atoms with E-state index < -0.39 is 18.0 Å². The smallest absolute Gasteiger partial charge is 0.338 e. The Morgan fingerprint density at radius 3 is 2.70 bits per heavy atom. The Morgan fingerprint density at radius 2 is 1.97 bits per heavy atom. The van der Waals surface area contributed by atoms with Gasteiger partial charge in [0.25, 0.3) is 5.91 Å². The fraction of sp³-hybridized carbons (Fsp3) is 0.348. The summed E-state index contributed by atoms with van der Waals surface area (Å²) in [4.78, 5) is 38.6. The first-order chi connectivity index (χ1) is 14.5. The summed E-state index contributed by atoms with van der Waals surface area (Å²) in [5.41, 5.74) is 1.71. The van der Waals surface area contributed by atoms with E-state index in [4.69, 9.17) is 9.47 Å². The summed E-state index contributed by atoms with van der Waals surface area (Å²) in [5, 5.41) is 2.73. The van der Waals surface area contributed by atoms with Crippen molar-refractivity contribution in [3.05, 3.63) is 59.7 Å². The number of benzene rings is 2. The van der Waals surface area contributed by atoms with Gasteiger partial charge in [-0.3, -0.25) is 9.59 Å². The molecule has 1 unspecified atom stereocenters. The first-order valence-electron chi connectivity index (χ1n) is 10.1.